The van der Waals surface area contributed by atoms with E-state index in [4.69, 9.17) is 0 Å². The first-order chi connectivity index (χ1) is 9.02. The van der Waals surface area contributed by atoms with Gasteiger partial charge < -0.3 is 4.74 Å². The molecule has 0 aliphatic carbocycles. The molecule has 0 aliphatic rings. The first kappa shape index (κ1) is 12.6. The Hall–Kier alpha value is -2.84. The second kappa shape index (κ2) is 4.80. The molecule has 0 bridgehead atoms. The predicted molar refractivity (Wildman–Crippen MR) is 61.9 cm³/mol. The van der Waals surface area contributed by atoms with Crippen molar-refractivity contribution in [1.29, 1.82) is 0 Å². The predicted octanol–water partition coefficient (Wildman–Crippen LogP) is 0.666. The fraction of sp³-hybridized carbons (Fsp3) is 0.200. The number of carbonyl (C=O) groups excluding carboxylic acids is 1. The van der Waals surface area contributed by atoms with E-state index in [1.54, 1.807) is 0 Å². The molecule has 9 heteroatoms. The van der Waals surface area contributed by atoms with Crippen molar-refractivity contribution in [2.24, 2.45) is 0 Å². The summed E-state index contributed by atoms with van der Waals surface area (Å²) < 4.78 is 5.71. The number of methoxy groups -OCH3 is 1. The normalized spacial score (nSPS) is 10.2. The van der Waals surface area contributed by atoms with Crippen molar-refractivity contribution < 1.29 is 14.5 Å². The van der Waals surface area contributed by atoms with Crippen molar-refractivity contribution in [1.82, 2.24) is 19.7 Å². The van der Waals surface area contributed by atoms with E-state index in [1.165, 1.54) is 37.2 Å². The lowest BCUT2D eigenvalue weighted by atomic mass is 10.3. The quantitative estimate of drug-likeness (QED) is 0.454. The second-order valence-corrected chi connectivity index (χ2v) is 3.54. The van der Waals surface area contributed by atoms with Crippen LogP contribution in [-0.2, 0) is 4.74 Å². The number of rotatable bonds is 3. The van der Waals surface area contributed by atoms with Gasteiger partial charge in [0.1, 0.15) is 12.0 Å². The molecule has 0 radical (unpaired) electrons. The summed E-state index contributed by atoms with van der Waals surface area (Å²) >= 11 is 0. The van der Waals surface area contributed by atoms with Gasteiger partial charge >= 0.3 is 5.97 Å². The van der Waals surface area contributed by atoms with Gasteiger partial charge in [-0.15, -0.1) is 5.10 Å². The van der Waals surface area contributed by atoms with Crippen LogP contribution in [-0.4, -0.2) is 37.8 Å². The van der Waals surface area contributed by atoms with Crippen LogP contribution in [0.3, 0.4) is 0 Å². The van der Waals surface area contributed by atoms with Gasteiger partial charge in [-0.05, 0) is 13.0 Å². The average Bonchev–Trinajstić information content (AvgIpc) is 2.86. The number of carbonyl (C=O) groups is 1. The summed E-state index contributed by atoms with van der Waals surface area (Å²) in [6.07, 6.45) is 1.28. The molecule has 0 N–H and O–H groups in total. The fourth-order valence-corrected chi connectivity index (χ4v) is 1.42. The Labute approximate surface area is 107 Å². The molecular weight excluding hydrogens is 254 g/mol. The topological polar surface area (TPSA) is 113 Å². The molecule has 0 saturated heterocycles. The summed E-state index contributed by atoms with van der Waals surface area (Å²) in [6.45, 7) is 1.51. The minimum absolute atomic E-state index is 0.0861. The molecule has 0 amide bonds. The van der Waals surface area contributed by atoms with Gasteiger partial charge in [-0.1, -0.05) is 0 Å². The minimum Gasteiger partial charge on any atom is -0.463 e. The molecule has 19 heavy (non-hydrogen) atoms. The van der Waals surface area contributed by atoms with Gasteiger partial charge in [0, 0.05) is 6.07 Å². The van der Waals surface area contributed by atoms with E-state index in [0.29, 0.717) is 5.82 Å². The molecule has 0 aliphatic heterocycles. The Morgan fingerprint density at radius 2 is 2.21 bits per heavy atom. The van der Waals surface area contributed by atoms with Gasteiger partial charge in [0.05, 0.1) is 12.0 Å². The zero-order chi connectivity index (χ0) is 14.0. The largest absolute Gasteiger partial charge is 0.463 e. The average molecular weight is 263 g/mol. The Balaban J connectivity index is 2.37. The van der Waals surface area contributed by atoms with Crippen molar-refractivity contribution in [2.45, 2.75) is 6.92 Å². The van der Waals surface area contributed by atoms with Crippen LogP contribution in [0.1, 0.15) is 16.3 Å². The number of hydrogen-bond donors (Lipinski definition) is 0. The molecule has 2 rings (SSSR count). The van der Waals surface area contributed by atoms with E-state index in [-0.39, 0.29) is 17.2 Å². The monoisotopic (exact) mass is 263 g/mol. The molecule has 9 nitrogen and oxygen atoms in total. The highest BCUT2D eigenvalue weighted by Gasteiger charge is 2.15. The molecule has 2 heterocycles. The Bertz CT molecular complexity index is 651. The molecule has 0 atom stereocenters. The lowest BCUT2D eigenvalue weighted by Gasteiger charge is -2.01. The number of hydrogen-bond acceptors (Lipinski definition) is 7. The van der Waals surface area contributed by atoms with Crippen LogP contribution >= 0.6 is 0 Å². The van der Waals surface area contributed by atoms with Crippen molar-refractivity contribution in [3.05, 3.63) is 40.1 Å². The molecule has 0 fully saturated rings. The zero-order valence-corrected chi connectivity index (χ0v) is 10.1. The Kier molecular flexibility index (Phi) is 3.19. The number of nitrogens with zero attached hydrogens (tertiary/aromatic N) is 5. The molecule has 0 spiro atoms. The number of esters is 1. The van der Waals surface area contributed by atoms with E-state index in [2.05, 4.69) is 19.8 Å². The van der Waals surface area contributed by atoms with Crippen LogP contribution in [0.2, 0.25) is 0 Å². The van der Waals surface area contributed by atoms with Gasteiger partial charge in [0.15, 0.2) is 5.82 Å². The number of aryl methyl sites for hydroxylation is 1. The highest BCUT2D eigenvalue weighted by Crippen LogP contribution is 2.16. The van der Waals surface area contributed by atoms with Crippen molar-refractivity contribution >= 4 is 11.7 Å². The van der Waals surface area contributed by atoms with Gasteiger partial charge in [0.2, 0.25) is 0 Å². The highest BCUT2D eigenvalue weighted by atomic mass is 16.6. The van der Waals surface area contributed by atoms with E-state index < -0.39 is 10.9 Å². The van der Waals surface area contributed by atoms with E-state index in [0.717, 1.165) is 0 Å². The molecule has 0 unspecified atom stereocenters. The Morgan fingerprint density at radius 3 is 2.79 bits per heavy atom. The smallest absolute Gasteiger partial charge is 0.377 e. The first-order valence-electron chi connectivity index (χ1n) is 5.15. The van der Waals surface area contributed by atoms with Crippen LogP contribution < -0.4 is 0 Å². The molecular formula is C10H9N5O4. The Morgan fingerprint density at radius 1 is 1.47 bits per heavy atom. The van der Waals surface area contributed by atoms with Crippen molar-refractivity contribution in [2.75, 3.05) is 7.11 Å². The number of pyridine rings is 1. The molecule has 2 aromatic heterocycles. The first-order valence-corrected chi connectivity index (χ1v) is 5.15. The van der Waals surface area contributed by atoms with Crippen LogP contribution in [0.5, 0.6) is 0 Å². The molecule has 98 valence electrons. The summed E-state index contributed by atoms with van der Waals surface area (Å²) in [7, 11) is 1.22. The molecule has 0 saturated carbocycles. The zero-order valence-electron chi connectivity index (χ0n) is 10.1. The summed E-state index contributed by atoms with van der Waals surface area (Å²) in [6, 6.07) is 2.73. The molecule has 2 aromatic rings. The van der Waals surface area contributed by atoms with Crippen LogP contribution in [0.4, 0.5) is 5.69 Å². The minimum atomic E-state index is -0.669. The van der Waals surface area contributed by atoms with E-state index >= 15 is 0 Å². The summed E-state index contributed by atoms with van der Waals surface area (Å²) in [5, 5.41) is 14.5. The second-order valence-electron chi connectivity index (χ2n) is 3.54. The van der Waals surface area contributed by atoms with Crippen molar-refractivity contribution in [3.63, 3.8) is 0 Å². The summed E-state index contributed by atoms with van der Waals surface area (Å²) in [4.78, 5) is 29.1. The van der Waals surface area contributed by atoms with Gasteiger partial charge in [-0.3, -0.25) is 10.1 Å². The number of nitro groups is 1. The van der Waals surface area contributed by atoms with Crippen molar-refractivity contribution in [3.8, 4) is 5.82 Å². The third kappa shape index (κ3) is 2.39. The summed E-state index contributed by atoms with van der Waals surface area (Å²) in [5.41, 5.74) is 0.162. The van der Waals surface area contributed by atoms with Crippen LogP contribution in [0.25, 0.3) is 5.82 Å². The molecule has 0 aromatic carbocycles. The van der Waals surface area contributed by atoms with Crippen LogP contribution in [0, 0.1) is 17.0 Å². The van der Waals surface area contributed by atoms with E-state index in [1.807, 2.05) is 0 Å². The van der Waals surface area contributed by atoms with Gasteiger partial charge in [0.25, 0.3) is 11.5 Å². The standard InChI is InChI=1S/C10H9N5O4/c1-6-7(15(17)18)3-4-8(12-6)14-5-11-9(13-14)10(16)19-2/h3-5H,1-2H3. The number of ether oxygens (including phenoxy) is 1. The van der Waals surface area contributed by atoms with Gasteiger partial charge in [-0.2, -0.15) is 0 Å². The maximum absolute atomic E-state index is 11.2. The third-order valence-corrected chi connectivity index (χ3v) is 2.33. The fourth-order valence-electron chi connectivity index (χ4n) is 1.42. The van der Waals surface area contributed by atoms with E-state index in [9.17, 15) is 14.9 Å². The maximum atomic E-state index is 11.2. The van der Waals surface area contributed by atoms with Crippen LogP contribution in [0.15, 0.2) is 18.5 Å². The lowest BCUT2D eigenvalue weighted by molar-refractivity contribution is -0.385. The lowest BCUT2D eigenvalue weighted by Crippen LogP contribution is -2.06. The third-order valence-electron chi connectivity index (χ3n) is 2.33. The highest BCUT2D eigenvalue weighted by molar-refractivity contribution is 5.84. The summed E-state index contributed by atoms with van der Waals surface area (Å²) in [5.74, 6) is -0.455. The number of aromatic nitrogens is 4. The maximum Gasteiger partial charge on any atom is 0.377 e. The van der Waals surface area contributed by atoms with Gasteiger partial charge in [-0.25, -0.2) is 19.4 Å². The SMILES string of the molecule is COC(=O)c1ncn(-c2ccc([N+](=O)[O-])c(C)n2)n1.